The average Bonchev–Trinajstić information content (AvgIpc) is 3.61. The first-order chi connectivity index (χ1) is 23.2. The number of allylic oxidation sites excluding steroid dienone is 4. The van der Waals surface area contributed by atoms with Crippen molar-refractivity contribution in [3.8, 4) is 22.6 Å². The number of benzene rings is 5. The summed E-state index contributed by atoms with van der Waals surface area (Å²) >= 11 is 1.69. The molecule has 0 atom stereocenters. The summed E-state index contributed by atoms with van der Waals surface area (Å²) in [4.78, 5) is 3.39. The van der Waals surface area contributed by atoms with Crippen LogP contribution in [0.3, 0.4) is 0 Å². The van der Waals surface area contributed by atoms with Crippen LogP contribution in [-0.4, -0.2) is 23.4 Å². The zero-order valence-electron chi connectivity index (χ0n) is 25.7. The van der Waals surface area contributed by atoms with Crippen LogP contribution >= 0.6 is 11.8 Å². The van der Waals surface area contributed by atoms with Crippen LogP contribution in [0.1, 0.15) is 18.1 Å². The molecule has 1 aliphatic heterocycles. The highest BCUT2D eigenvalue weighted by Crippen LogP contribution is 2.47. The van der Waals surface area contributed by atoms with E-state index in [1.807, 2.05) is 36.4 Å². The molecule has 0 fully saturated rings. The third-order valence-electron chi connectivity index (χ3n) is 7.89. The Hall–Kier alpha value is -5.03. The zero-order chi connectivity index (χ0) is 33.3. The van der Waals surface area contributed by atoms with Crippen molar-refractivity contribution in [2.75, 3.05) is 11.4 Å². The molecule has 48 heavy (non-hydrogen) atoms. The Morgan fingerprint density at radius 3 is 1.65 bits per heavy atom. The summed E-state index contributed by atoms with van der Waals surface area (Å²) in [7, 11) is -8.32. The van der Waals surface area contributed by atoms with Crippen molar-refractivity contribution < 1.29 is 25.2 Å². The minimum Gasteiger partial charge on any atom is -0.379 e. The fraction of sp³-hybridized carbons (Fsp3) is 0.0526. The molecule has 7 rings (SSSR count). The van der Waals surface area contributed by atoms with Gasteiger partial charge in [0.15, 0.2) is 0 Å². The molecule has 5 aromatic carbocycles. The number of hydrogen-bond donors (Lipinski definition) is 0. The Morgan fingerprint density at radius 2 is 1.10 bits per heavy atom. The molecule has 0 saturated carbocycles. The van der Waals surface area contributed by atoms with Crippen molar-refractivity contribution in [2.45, 2.75) is 21.6 Å². The predicted molar refractivity (Wildman–Crippen MR) is 190 cm³/mol. The Bertz CT molecular complexity index is 2210. The Balaban J connectivity index is 1.28. The Morgan fingerprint density at radius 1 is 0.604 bits per heavy atom. The van der Waals surface area contributed by atoms with Crippen molar-refractivity contribution in [2.24, 2.45) is 0 Å². The van der Waals surface area contributed by atoms with E-state index in [4.69, 9.17) is 8.37 Å². The summed E-state index contributed by atoms with van der Waals surface area (Å²) < 4.78 is 64.2. The van der Waals surface area contributed by atoms with Gasteiger partial charge in [-0.2, -0.15) is 16.8 Å². The molecule has 0 radical (unpaired) electrons. The van der Waals surface area contributed by atoms with Crippen LogP contribution in [0.5, 0.6) is 11.5 Å². The Kier molecular flexibility index (Phi) is 8.47. The number of thioether (sulfide) groups is 1. The van der Waals surface area contributed by atoms with Crippen LogP contribution < -0.4 is 13.3 Å². The molecule has 1 aliphatic carbocycles. The zero-order valence-corrected chi connectivity index (χ0v) is 28.1. The number of para-hydroxylation sites is 3. The fourth-order valence-electron chi connectivity index (χ4n) is 5.69. The van der Waals surface area contributed by atoms with E-state index in [0.29, 0.717) is 16.7 Å². The van der Waals surface area contributed by atoms with Crippen LogP contribution in [0, 0.1) is 0 Å². The summed E-state index contributed by atoms with van der Waals surface area (Å²) in [5.74, 6) is 0.406. The second-order valence-electron chi connectivity index (χ2n) is 10.9. The lowest BCUT2D eigenvalue weighted by Crippen LogP contribution is -2.16. The first-order valence-corrected chi connectivity index (χ1v) is 18.8. The normalized spacial score (nSPS) is 14.6. The van der Waals surface area contributed by atoms with Crippen molar-refractivity contribution in [3.63, 3.8) is 0 Å². The van der Waals surface area contributed by atoms with Gasteiger partial charge in [0.2, 0.25) is 0 Å². The molecule has 1 heterocycles. The molecule has 2 aliphatic rings. The van der Waals surface area contributed by atoms with Crippen molar-refractivity contribution in [1.29, 1.82) is 0 Å². The molecular formula is C38H29NO6S3. The lowest BCUT2D eigenvalue weighted by Gasteiger charge is -2.17. The lowest BCUT2D eigenvalue weighted by atomic mass is 10.0. The van der Waals surface area contributed by atoms with Crippen molar-refractivity contribution in [3.05, 3.63) is 162 Å². The van der Waals surface area contributed by atoms with Crippen LogP contribution in [0.4, 0.5) is 5.69 Å². The number of anilines is 1. The largest absolute Gasteiger partial charge is 0.379 e. The molecule has 0 bridgehead atoms. The third-order valence-corrected chi connectivity index (χ3v) is 11.5. The summed E-state index contributed by atoms with van der Waals surface area (Å²) in [5, 5.41) is 1.08. The molecule has 0 spiro atoms. The highest BCUT2D eigenvalue weighted by molar-refractivity contribution is 8.03. The highest BCUT2D eigenvalue weighted by Gasteiger charge is 2.29. The van der Waals surface area contributed by atoms with E-state index in [-0.39, 0.29) is 21.3 Å². The second kappa shape index (κ2) is 12.9. The molecule has 0 amide bonds. The van der Waals surface area contributed by atoms with E-state index >= 15 is 0 Å². The van der Waals surface area contributed by atoms with Gasteiger partial charge in [0.05, 0.1) is 10.7 Å². The lowest BCUT2D eigenvalue weighted by molar-refractivity contribution is 0.484. The van der Waals surface area contributed by atoms with Crippen LogP contribution in [0.15, 0.2) is 165 Å². The van der Waals surface area contributed by atoms with Gasteiger partial charge in [-0.25, -0.2) is 0 Å². The first kappa shape index (κ1) is 31.6. The number of rotatable bonds is 9. The molecule has 0 aromatic heterocycles. The summed E-state index contributed by atoms with van der Waals surface area (Å²) in [5.41, 5.74) is 4.65. The maximum atomic E-state index is 13.3. The van der Waals surface area contributed by atoms with Crippen molar-refractivity contribution >= 4 is 43.3 Å². The number of hydrogen-bond acceptors (Lipinski definition) is 8. The minimum atomic E-state index is -4.16. The molecule has 0 saturated heterocycles. The molecule has 5 aromatic rings. The summed E-state index contributed by atoms with van der Waals surface area (Å²) in [6.45, 7) is 2.92. The van der Waals surface area contributed by atoms with E-state index < -0.39 is 20.2 Å². The topological polar surface area (TPSA) is 90.0 Å². The van der Waals surface area contributed by atoms with Crippen LogP contribution in [0.2, 0.25) is 0 Å². The molecule has 7 nitrogen and oxygen atoms in total. The van der Waals surface area contributed by atoms with Gasteiger partial charge in [-0.15, -0.1) is 0 Å². The van der Waals surface area contributed by atoms with Gasteiger partial charge < -0.3 is 13.3 Å². The minimum absolute atomic E-state index is 0.0196. The van der Waals surface area contributed by atoms with Crippen LogP contribution in [-0.2, 0) is 20.2 Å². The Labute approximate surface area is 284 Å². The molecule has 0 unspecified atom stereocenters. The van der Waals surface area contributed by atoms with E-state index in [2.05, 4.69) is 24.0 Å². The van der Waals surface area contributed by atoms with Gasteiger partial charge in [-0.1, -0.05) is 90.7 Å². The molecular weight excluding hydrogens is 663 g/mol. The molecule has 240 valence electrons. The van der Waals surface area contributed by atoms with E-state index in [9.17, 15) is 16.8 Å². The van der Waals surface area contributed by atoms with Gasteiger partial charge >= 0.3 is 20.2 Å². The first-order valence-electron chi connectivity index (χ1n) is 15.1. The van der Waals surface area contributed by atoms with Gasteiger partial charge in [0.25, 0.3) is 0 Å². The fourth-order valence-corrected chi connectivity index (χ4v) is 8.75. The average molecular weight is 692 g/mol. The van der Waals surface area contributed by atoms with E-state index in [1.165, 1.54) is 22.7 Å². The molecule has 0 N–H and O–H groups in total. The smallest absolute Gasteiger partial charge is 0.339 e. The summed E-state index contributed by atoms with van der Waals surface area (Å²) in [6, 6.07) is 34.5. The standard InChI is InChI=1S/C38H29NO6S3/c1-2-39-36-18-10-11-19-37(36)46-38(39)20-12-9-17-31-34-25-29(47(40,41)44-27-13-5-3-6-14-27)21-23-32(34)33-24-22-30(26-35(31)33)48(42,43)45-28-15-7-4-8-16-28/h3-26H,2H2,1H3/b12-9+,38-20-. The van der Waals surface area contributed by atoms with Gasteiger partial charge in [0, 0.05) is 11.4 Å². The highest BCUT2D eigenvalue weighted by atomic mass is 32.2. The number of fused-ring (bicyclic) bond motifs is 4. The molecule has 10 heteroatoms. The van der Waals surface area contributed by atoms with Crippen LogP contribution in [0.25, 0.3) is 16.7 Å². The number of nitrogens with zero attached hydrogens (tertiary/aromatic N) is 1. The van der Waals surface area contributed by atoms with E-state index in [0.717, 1.165) is 22.7 Å². The maximum Gasteiger partial charge on any atom is 0.339 e. The maximum absolute atomic E-state index is 13.3. The van der Waals surface area contributed by atoms with E-state index in [1.54, 1.807) is 96.7 Å². The SMILES string of the molecule is CCN1/C(=C/C=C/C=C2c3cc(S(=O)(=O)Oc4ccccc4)ccc3-c3ccc(S(=O)(=O)Oc4ccccc4)cc32)Sc2ccccc21. The van der Waals surface area contributed by atoms with Gasteiger partial charge in [-0.05, 0) is 101 Å². The monoisotopic (exact) mass is 691 g/mol. The predicted octanol–water partition coefficient (Wildman–Crippen LogP) is 8.66. The van der Waals surface area contributed by atoms with Gasteiger partial charge in [-0.3, -0.25) is 0 Å². The second-order valence-corrected chi connectivity index (χ2v) is 15.1. The van der Waals surface area contributed by atoms with Gasteiger partial charge in [0.1, 0.15) is 21.3 Å². The summed E-state index contributed by atoms with van der Waals surface area (Å²) in [6.07, 6.45) is 7.71. The van der Waals surface area contributed by atoms with Crippen molar-refractivity contribution in [1.82, 2.24) is 0 Å². The third kappa shape index (κ3) is 6.17. The quantitative estimate of drug-likeness (QED) is 0.139.